The normalized spacial score (nSPS) is 12.2. The molecule has 0 unspecified atom stereocenters. The number of nitrogens with one attached hydrogen (secondary N) is 2. The number of imidazole rings is 1. The third-order valence-electron chi connectivity index (χ3n) is 2.92. The Bertz CT molecular complexity index is 815. The molecule has 1 aromatic carbocycles. The van der Waals surface area contributed by atoms with E-state index in [0.29, 0.717) is 0 Å². The summed E-state index contributed by atoms with van der Waals surface area (Å²) in [6, 6.07) is 5.37. The van der Waals surface area contributed by atoms with E-state index in [1.807, 2.05) is 0 Å². The quantitative estimate of drug-likeness (QED) is 0.246. The summed E-state index contributed by atoms with van der Waals surface area (Å²) in [5.74, 6) is -0.371. The van der Waals surface area contributed by atoms with Gasteiger partial charge in [0.15, 0.2) is 5.03 Å². The highest BCUT2D eigenvalue weighted by molar-refractivity contribution is 5.85. The Hall–Kier alpha value is -3.17. The average molecular weight is 292 g/mol. The molecule has 0 radical (unpaired) electrons. The van der Waals surface area contributed by atoms with Crippen LogP contribution in [0.5, 0.6) is 0 Å². The number of hydrogen-bond donors (Lipinski definition) is 3. The first kappa shape index (κ1) is 14.2. The molecule has 21 heavy (non-hydrogen) atoms. The number of aryl methyl sites for hydroxylation is 2. The second kappa shape index (κ2) is 5.45. The first-order valence-corrected chi connectivity index (χ1v) is 5.88. The van der Waals surface area contributed by atoms with E-state index in [0.717, 1.165) is 16.6 Å². The van der Waals surface area contributed by atoms with Crippen LogP contribution >= 0.6 is 0 Å². The number of nitrogens with two attached hydrogens (primary N) is 1. The van der Waals surface area contributed by atoms with E-state index in [4.69, 9.17) is 5.73 Å². The second-order valence-electron chi connectivity index (χ2n) is 4.29. The van der Waals surface area contributed by atoms with Crippen LogP contribution in [0.3, 0.4) is 0 Å². The fraction of sp³-hybridized carbons (Fsp3) is 0.182. The van der Waals surface area contributed by atoms with Gasteiger partial charge in [0.25, 0.3) is 0 Å². The number of aromatic nitrogens is 2. The third-order valence-corrected chi connectivity index (χ3v) is 2.92. The number of hydrazone groups is 1. The zero-order chi connectivity index (χ0) is 15.6. The molecule has 1 aromatic heterocycles. The highest BCUT2D eigenvalue weighted by Gasteiger charge is 2.08. The monoisotopic (exact) mass is 292 g/mol. The minimum atomic E-state index is -0.813. The number of benzene rings is 1. The van der Waals surface area contributed by atoms with Crippen molar-refractivity contribution in [1.82, 2.24) is 14.6 Å². The zero-order valence-electron chi connectivity index (χ0n) is 11.4. The molecule has 0 saturated heterocycles. The highest BCUT2D eigenvalue weighted by atomic mass is 16.7. The summed E-state index contributed by atoms with van der Waals surface area (Å²) in [4.78, 5) is 21.9. The van der Waals surface area contributed by atoms with Crippen LogP contribution in [0, 0.1) is 10.1 Å². The van der Waals surface area contributed by atoms with Crippen LogP contribution in [0.2, 0.25) is 0 Å². The van der Waals surface area contributed by atoms with E-state index >= 15 is 0 Å². The lowest BCUT2D eigenvalue weighted by molar-refractivity contribution is -0.528. The molecule has 2 aromatic rings. The maximum atomic E-state index is 11.8. The van der Waals surface area contributed by atoms with E-state index in [9.17, 15) is 14.9 Å². The molecule has 2 rings (SSSR count). The van der Waals surface area contributed by atoms with E-state index in [1.165, 1.54) is 10.8 Å². The van der Waals surface area contributed by atoms with E-state index in [1.54, 1.807) is 42.3 Å². The molecule has 0 atom stereocenters. The largest absolute Gasteiger partial charge is 0.360 e. The molecule has 4 N–H and O–H groups in total. The van der Waals surface area contributed by atoms with Crippen molar-refractivity contribution in [3.63, 3.8) is 0 Å². The highest BCUT2D eigenvalue weighted by Crippen LogP contribution is 2.12. The Morgan fingerprint density at radius 3 is 2.76 bits per heavy atom. The predicted molar refractivity (Wildman–Crippen MR) is 76.0 cm³/mol. The number of nitro groups is 1. The van der Waals surface area contributed by atoms with Gasteiger partial charge in [0, 0.05) is 24.8 Å². The molecule has 0 aliphatic heterocycles. The summed E-state index contributed by atoms with van der Waals surface area (Å²) in [7, 11) is 3.37. The smallest absolute Gasteiger partial charge is 0.328 e. The summed E-state index contributed by atoms with van der Waals surface area (Å²) in [6.45, 7) is 0. The van der Waals surface area contributed by atoms with Gasteiger partial charge in [-0.3, -0.25) is 9.13 Å². The van der Waals surface area contributed by atoms with Gasteiger partial charge in [-0.25, -0.2) is 14.9 Å². The first-order chi connectivity index (χ1) is 9.90. The second-order valence-corrected chi connectivity index (χ2v) is 4.29. The van der Waals surface area contributed by atoms with Crippen LogP contribution in [0.4, 0.5) is 0 Å². The number of hydrogen-bond acceptors (Lipinski definition) is 4. The van der Waals surface area contributed by atoms with Gasteiger partial charge in [-0.15, -0.1) is 5.10 Å². The van der Waals surface area contributed by atoms with E-state index in [2.05, 4.69) is 10.2 Å². The molecule has 0 fully saturated rings. The van der Waals surface area contributed by atoms with Crippen molar-refractivity contribution in [3.8, 4) is 0 Å². The summed E-state index contributed by atoms with van der Waals surface area (Å²) in [5, 5.41) is 15.3. The average Bonchev–Trinajstić information content (AvgIpc) is 2.63. The van der Waals surface area contributed by atoms with Gasteiger partial charge in [-0.1, -0.05) is 5.43 Å². The summed E-state index contributed by atoms with van der Waals surface area (Å²) >= 11 is 0. The maximum absolute atomic E-state index is 11.8. The topological polar surface area (TPSA) is 134 Å². The van der Waals surface area contributed by atoms with Crippen molar-refractivity contribution in [2.24, 2.45) is 24.9 Å². The van der Waals surface area contributed by atoms with Gasteiger partial charge in [0.1, 0.15) is 0 Å². The summed E-state index contributed by atoms with van der Waals surface area (Å²) in [6.07, 6.45) is 1.51. The first-order valence-electron chi connectivity index (χ1n) is 5.88. The van der Waals surface area contributed by atoms with Gasteiger partial charge < -0.3 is 5.73 Å². The van der Waals surface area contributed by atoms with Gasteiger partial charge in [0.05, 0.1) is 11.0 Å². The number of hydrazine groups is 1. The summed E-state index contributed by atoms with van der Waals surface area (Å²) in [5.41, 5.74) is 9.13. The lowest BCUT2D eigenvalue weighted by atomic mass is 10.2. The minimum absolute atomic E-state index is 0.118. The molecule has 0 aliphatic carbocycles. The molecule has 110 valence electrons. The van der Waals surface area contributed by atoms with Crippen LogP contribution in [-0.4, -0.2) is 26.3 Å². The molecule has 10 nitrogen and oxygen atoms in total. The Morgan fingerprint density at radius 2 is 2.10 bits per heavy atom. The van der Waals surface area contributed by atoms with Crippen molar-refractivity contribution >= 4 is 23.2 Å². The van der Waals surface area contributed by atoms with Gasteiger partial charge in [0.2, 0.25) is 6.21 Å². The number of nitrogens with zero attached hydrogens (tertiary/aromatic N) is 4. The van der Waals surface area contributed by atoms with Crippen LogP contribution in [0.1, 0.15) is 5.56 Å². The molecular weight excluding hydrogens is 278 g/mol. The number of guanidine groups is 1. The van der Waals surface area contributed by atoms with Crippen molar-refractivity contribution in [3.05, 3.63) is 44.4 Å². The predicted octanol–water partition coefficient (Wildman–Crippen LogP) is -2.61. The molecule has 0 bridgehead atoms. The Morgan fingerprint density at radius 1 is 1.43 bits per heavy atom. The van der Waals surface area contributed by atoms with Gasteiger partial charge in [-0.05, 0) is 18.2 Å². The SMILES string of the molecule is Cn1c(=O)n(C)c2cc(C=[NH+]N=C(N)N[N+](=O)[O-])ccc21. The fourth-order valence-corrected chi connectivity index (χ4v) is 1.91. The molecule has 0 aliphatic rings. The van der Waals surface area contributed by atoms with Gasteiger partial charge in [-0.2, -0.15) is 0 Å². The Balaban J connectivity index is 2.30. The standard InChI is InChI=1S/C11H13N7O3/c1-16-8-4-3-7(5-9(8)17(2)11(16)19)6-13-14-10(12)15-18(20)21/h3-6H,1-2H3,(H3,12,14,15)/p+1. The number of rotatable bonds is 3. The Labute approximate surface area is 118 Å². The molecule has 0 saturated carbocycles. The van der Waals surface area contributed by atoms with Crippen molar-refractivity contribution in [1.29, 1.82) is 0 Å². The molecule has 10 heteroatoms. The van der Waals surface area contributed by atoms with Crippen molar-refractivity contribution in [2.45, 2.75) is 0 Å². The molecule has 0 amide bonds. The fourth-order valence-electron chi connectivity index (χ4n) is 1.91. The van der Waals surface area contributed by atoms with Crippen molar-refractivity contribution < 1.29 is 10.1 Å². The minimum Gasteiger partial charge on any atom is -0.360 e. The van der Waals surface area contributed by atoms with Crippen LogP contribution in [0.15, 0.2) is 28.1 Å². The van der Waals surface area contributed by atoms with Gasteiger partial charge >= 0.3 is 11.6 Å². The van der Waals surface area contributed by atoms with E-state index in [-0.39, 0.29) is 11.6 Å². The molecule has 0 spiro atoms. The Kier molecular flexibility index (Phi) is 3.69. The van der Waals surface area contributed by atoms with Crippen LogP contribution in [-0.2, 0) is 14.1 Å². The van der Waals surface area contributed by atoms with Crippen molar-refractivity contribution in [2.75, 3.05) is 0 Å². The lowest BCUT2D eigenvalue weighted by Gasteiger charge is -1.95. The molecule has 1 heterocycles. The maximum Gasteiger partial charge on any atom is 0.328 e. The van der Waals surface area contributed by atoms with Crippen LogP contribution < -0.4 is 22.0 Å². The zero-order valence-corrected chi connectivity index (χ0v) is 11.4. The molecular formula is C11H14N7O3+. The van der Waals surface area contributed by atoms with E-state index < -0.39 is 5.03 Å². The summed E-state index contributed by atoms with van der Waals surface area (Å²) < 4.78 is 3.07. The lowest BCUT2D eigenvalue weighted by Crippen LogP contribution is -2.64. The number of fused-ring (bicyclic) bond motifs is 1. The van der Waals surface area contributed by atoms with Crippen LogP contribution in [0.25, 0.3) is 11.0 Å². The third kappa shape index (κ3) is 2.88.